The van der Waals surface area contributed by atoms with E-state index in [1.165, 1.54) is 11.3 Å². The summed E-state index contributed by atoms with van der Waals surface area (Å²) >= 11 is 0. The quantitative estimate of drug-likeness (QED) is 0.769. The zero-order chi connectivity index (χ0) is 9.84. The Kier molecular flexibility index (Phi) is 3.43. The molecule has 0 saturated heterocycles. The van der Waals surface area contributed by atoms with Crippen LogP contribution in [0.4, 0.5) is 0 Å². The van der Waals surface area contributed by atoms with E-state index in [1.54, 1.807) is 0 Å². The largest absolute Gasteiger partial charge is 0.330 e. The van der Waals surface area contributed by atoms with Gasteiger partial charge in [-0.3, -0.25) is 4.98 Å². The predicted molar refractivity (Wildman–Crippen MR) is 55.8 cm³/mol. The summed E-state index contributed by atoms with van der Waals surface area (Å²) in [6, 6.07) is 4.20. The molecule has 13 heavy (non-hydrogen) atoms. The Morgan fingerprint density at radius 3 is 2.62 bits per heavy atom. The number of nitrogens with two attached hydrogens (primary N) is 1. The molecule has 72 valence electrons. The van der Waals surface area contributed by atoms with Crippen molar-refractivity contribution in [2.24, 2.45) is 5.73 Å². The van der Waals surface area contributed by atoms with Crippen LogP contribution in [-0.2, 0) is 6.42 Å². The molecule has 0 saturated carbocycles. The maximum Gasteiger partial charge on any atom is 0.0461 e. The zero-order valence-electron chi connectivity index (χ0n) is 8.67. The Labute approximate surface area is 80.2 Å². The van der Waals surface area contributed by atoms with Gasteiger partial charge in [-0.1, -0.05) is 19.9 Å². The number of hydrogen-bond acceptors (Lipinski definition) is 2. The van der Waals surface area contributed by atoms with Gasteiger partial charge in [0.1, 0.15) is 0 Å². The molecule has 0 aliphatic heterocycles. The Balaban J connectivity index is 2.97. The third-order valence-electron chi connectivity index (χ3n) is 2.14. The second-order valence-corrected chi connectivity index (χ2v) is 3.70. The number of aromatic nitrogens is 1. The Morgan fingerprint density at radius 2 is 2.08 bits per heavy atom. The summed E-state index contributed by atoms with van der Waals surface area (Å²) in [7, 11) is 0. The molecule has 2 N–H and O–H groups in total. The first-order valence-corrected chi connectivity index (χ1v) is 4.81. The van der Waals surface area contributed by atoms with Crippen LogP contribution in [0, 0.1) is 6.92 Å². The molecule has 0 amide bonds. The highest BCUT2D eigenvalue weighted by molar-refractivity contribution is 5.24. The van der Waals surface area contributed by atoms with E-state index in [9.17, 15) is 0 Å². The number of rotatable bonds is 3. The number of nitrogens with zero attached hydrogens (tertiary/aromatic N) is 1. The van der Waals surface area contributed by atoms with Crippen molar-refractivity contribution in [3.05, 3.63) is 29.1 Å². The normalized spacial score (nSPS) is 10.8. The molecule has 1 heterocycles. The minimum atomic E-state index is 0.498. The van der Waals surface area contributed by atoms with E-state index in [1.807, 2.05) is 0 Å². The molecular formula is C11H18N2. The van der Waals surface area contributed by atoms with Crippen molar-refractivity contribution >= 4 is 0 Å². The van der Waals surface area contributed by atoms with E-state index in [-0.39, 0.29) is 0 Å². The maximum absolute atomic E-state index is 5.48. The zero-order valence-corrected chi connectivity index (χ0v) is 8.67. The van der Waals surface area contributed by atoms with Crippen molar-refractivity contribution in [2.75, 3.05) is 6.54 Å². The number of hydrogen-bond donors (Lipinski definition) is 1. The first-order valence-electron chi connectivity index (χ1n) is 4.81. The smallest absolute Gasteiger partial charge is 0.0461 e. The topological polar surface area (TPSA) is 38.9 Å². The summed E-state index contributed by atoms with van der Waals surface area (Å²) < 4.78 is 0. The molecule has 0 atom stereocenters. The molecule has 0 bridgehead atoms. The lowest BCUT2D eigenvalue weighted by molar-refractivity contribution is 0.788. The minimum absolute atomic E-state index is 0.498. The fourth-order valence-corrected chi connectivity index (χ4v) is 1.46. The molecule has 0 unspecified atom stereocenters. The van der Waals surface area contributed by atoms with Gasteiger partial charge in [-0.15, -0.1) is 0 Å². The van der Waals surface area contributed by atoms with Crippen LogP contribution < -0.4 is 5.73 Å². The van der Waals surface area contributed by atoms with Crippen molar-refractivity contribution in [3.63, 3.8) is 0 Å². The van der Waals surface area contributed by atoms with Crippen molar-refractivity contribution < 1.29 is 0 Å². The van der Waals surface area contributed by atoms with Gasteiger partial charge in [0, 0.05) is 17.8 Å². The summed E-state index contributed by atoms with van der Waals surface area (Å²) in [5, 5.41) is 0. The molecule has 1 aromatic heterocycles. The van der Waals surface area contributed by atoms with Crippen molar-refractivity contribution in [3.8, 4) is 0 Å². The SMILES string of the molecule is Cc1ccc(CCN)nc1C(C)C. The van der Waals surface area contributed by atoms with E-state index in [0.29, 0.717) is 12.5 Å². The van der Waals surface area contributed by atoms with Gasteiger partial charge in [-0.2, -0.15) is 0 Å². The van der Waals surface area contributed by atoms with E-state index in [2.05, 4.69) is 37.9 Å². The molecule has 0 aliphatic carbocycles. The fraction of sp³-hybridized carbons (Fsp3) is 0.545. The van der Waals surface area contributed by atoms with E-state index in [4.69, 9.17) is 5.73 Å². The molecule has 0 aliphatic rings. The lowest BCUT2D eigenvalue weighted by Crippen LogP contribution is -2.07. The highest BCUT2D eigenvalue weighted by Gasteiger charge is 2.05. The molecule has 2 nitrogen and oxygen atoms in total. The van der Waals surface area contributed by atoms with Gasteiger partial charge < -0.3 is 5.73 Å². The van der Waals surface area contributed by atoms with Gasteiger partial charge >= 0.3 is 0 Å². The second kappa shape index (κ2) is 4.38. The van der Waals surface area contributed by atoms with Gasteiger partial charge in [0.2, 0.25) is 0 Å². The monoisotopic (exact) mass is 178 g/mol. The number of pyridine rings is 1. The first-order chi connectivity index (χ1) is 6.15. The molecule has 1 rings (SSSR count). The molecule has 0 aromatic carbocycles. The molecular weight excluding hydrogens is 160 g/mol. The lowest BCUT2D eigenvalue weighted by Gasteiger charge is -2.10. The molecule has 0 fully saturated rings. The average Bonchev–Trinajstić information content (AvgIpc) is 2.08. The van der Waals surface area contributed by atoms with Crippen LogP contribution >= 0.6 is 0 Å². The second-order valence-electron chi connectivity index (χ2n) is 3.70. The van der Waals surface area contributed by atoms with Crippen LogP contribution in [0.25, 0.3) is 0 Å². The van der Waals surface area contributed by atoms with Gasteiger partial charge in [0.25, 0.3) is 0 Å². The first kappa shape index (κ1) is 10.2. The van der Waals surface area contributed by atoms with E-state index >= 15 is 0 Å². The van der Waals surface area contributed by atoms with Gasteiger partial charge in [-0.25, -0.2) is 0 Å². The molecule has 1 aromatic rings. The number of aryl methyl sites for hydroxylation is 1. The highest BCUT2D eigenvalue weighted by Crippen LogP contribution is 2.16. The summed E-state index contributed by atoms with van der Waals surface area (Å²) in [4.78, 5) is 4.58. The van der Waals surface area contributed by atoms with Gasteiger partial charge in [-0.05, 0) is 31.0 Å². The van der Waals surface area contributed by atoms with Gasteiger partial charge in [0.15, 0.2) is 0 Å². The summed E-state index contributed by atoms with van der Waals surface area (Å²) in [6.07, 6.45) is 0.875. The lowest BCUT2D eigenvalue weighted by atomic mass is 10.0. The van der Waals surface area contributed by atoms with Crippen LogP contribution in [-0.4, -0.2) is 11.5 Å². The van der Waals surface area contributed by atoms with Crippen LogP contribution in [0.15, 0.2) is 12.1 Å². The summed E-state index contributed by atoms with van der Waals surface area (Å²) in [5.41, 5.74) is 9.07. The Morgan fingerprint density at radius 1 is 1.38 bits per heavy atom. The third-order valence-corrected chi connectivity index (χ3v) is 2.14. The fourth-order valence-electron chi connectivity index (χ4n) is 1.46. The average molecular weight is 178 g/mol. The maximum atomic E-state index is 5.48. The van der Waals surface area contributed by atoms with Gasteiger partial charge in [0.05, 0.1) is 0 Å². The van der Waals surface area contributed by atoms with E-state index < -0.39 is 0 Å². The van der Waals surface area contributed by atoms with Crippen LogP contribution in [0.5, 0.6) is 0 Å². The van der Waals surface area contributed by atoms with Crippen molar-refractivity contribution in [2.45, 2.75) is 33.1 Å². The molecule has 0 radical (unpaired) electrons. The predicted octanol–water partition coefficient (Wildman–Crippen LogP) is 2.01. The minimum Gasteiger partial charge on any atom is -0.330 e. The summed E-state index contributed by atoms with van der Waals surface area (Å²) in [5.74, 6) is 0.498. The standard InChI is InChI=1S/C11H18N2/c1-8(2)11-9(3)4-5-10(13-11)6-7-12/h4-5,8H,6-7,12H2,1-3H3. The third kappa shape index (κ3) is 2.52. The van der Waals surface area contributed by atoms with Crippen LogP contribution in [0.2, 0.25) is 0 Å². The Bertz CT molecular complexity index is 279. The van der Waals surface area contributed by atoms with E-state index in [0.717, 1.165) is 12.1 Å². The Hall–Kier alpha value is -0.890. The van der Waals surface area contributed by atoms with Crippen LogP contribution in [0.1, 0.15) is 36.7 Å². The van der Waals surface area contributed by atoms with Crippen LogP contribution in [0.3, 0.4) is 0 Å². The highest BCUT2D eigenvalue weighted by atomic mass is 14.7. The van der Waals surface area contributed by atoms with Crippen molar-refractivity contribution in [1.29, 1.82) is 0 Å². The summed E-state index contributed by atoms with van der Waals surface area (Å²) in [6.45, 7) is 7.12. The molecule has 2 heteroatoms. The molecule has 0 spiro atoms. The van der Waals surface area contributed by atoms with Crippen molar-refractivity contribution in [1.82, 2.24) is 4.98 Å².